The van der Waals surface area contributed by atoms with Crippen molar-refractivity contribution in [2.24, 2.45) is 0 Å². The van der Waals surface area contributed by atoms with E-state index < -0.39 is 48.9 Å². The number of alkyl halides is 8. The predicted octanol–water partition coefficient (Wildman–Crippen LogP) is 2.37. The summed E-state index contributed by atoms with van der Waals surface area (Å²) in [5.74, 6) is -17.9. The van der Waals surface area contributed by atoms with Crippen LogP contribution in [-0.4, -0.2) is 55.5 Å². The summed E-state index contributed by atoms with van der Waals surface area (Å²) in [6.45, 7) is -1.67. The molecule has 0 aromatic carbocycles. The lowest BCUT2D eigenvalue weighted by Gasteiger charge is -2.37. The highest BCUT2D eigenvalue weighted by Gasteiger charge is 2.94. The first-order valence-electron chi connectivity index (χ1n) is 5.17. The summed E-state index contributed by atoms with van der Waals surface area (Å²) in [7, 11) is 0. The van der Waals surface area contributed by atoms with Gasteiger partial charge in [-0.25, -0.2) is 8.78 Å². The number of ether oxygens (including phenoxy) is 2. The maximum absolute atomic E-state index is 14.1. The first-order valence-corrected chi connectivity index (χ1v) is 5.17. The van der Waals surface area contributed by atoms with Crippen LogP contribution >= 0.6 is 0 Å². The summed E-state index contributed by atoms with van der Waals surface area (Å²) < 4.78 is 115. The van der Waals surface area contributed by atoms with Crippen molar-refractivity contribution in [1.29, 1.82) is 0 Å². The Kier molecular flexibility index (Phi) is 3.06. The topological polar surface area (TPSA) is 18.5 Å². The fraction of sp³-hybridized carbons (Fsp3) is 1.00. The van der Waals surface area contributed by atoms with Gasteiger partial charge in [-0.3, -0.25) is 0 Å². The normalized spacial score (nSPS) is 44.2. The summed E-state index contributed by atoms with van der Waals surface area (Å²) in [5, 5.41) is 0. The molecule has 0 bridgehead atoms. The van der Waals surface area contributed by atoms with E-state index in [0.29, 0.717) is 0 Å². The largest absolute Gasteiger partial charge is 0.378 e. The SMILES string of the molecule is FC1C(F)(F)C(F)(F)C(F)(F)C1(F)C1COCCO1. The second kappa shape index (κ2) is 3.94. The van der Waals surface area contributed by atoms with E-state index >= 15 is 0 Å². The van der Waals surface area contributed by atoms with Crippen LogP contribution in [0, 0.1) is 0 Å². The van der Waals surface area contributed by atoms with Crippen molar-refractivity contribution in [2.45, 2.75) is 35.7 Å². The molecule has 0 N–H and O–H groups in total. The molecule has 19 heavy (non-hydrogen) atoms. The molecular formula is C9H8F8O2. The molecule has 0 aromatic heterocycles. The van der Waals surface area contributed by atoms with Crippen molar-refractivity contribution in [3.63, 3.8) is 0 Å². The van der Waals surface area contributed by atoms with E-state index in [-0.39, 0.29) is 6.61 Å². The zero-order valence-electron chi connectivity index (χ0n) is 9.12. The van der Waals surface area contributed by atoms with Crippen LogP contribution in [0.2, 0.25) is 0 Å². The number of hydrogen-bond donors (Lipinski definition) is 0. The minimum Gasteiger partial charge on any atom is -0.376 e. The van der Waals surface area contributed by atoms with E-state index in [2.05, 4.69) is 9.47 Å². The van der Waals surface area contributed by atoms with Crippen LogP contribution in [0.5, 0.6) is 0 Å². The van der Waals surface area contributed by atoms with Crippen molar-refractivity contribution in [3.05, 3.63) is 0 Å². The molecule has 10 heteroatoms. The van der Waals surface area contributed by atoms with Crippen LogP contribution < -0.4 is 0 Å². The minimum atomic E-state index is -6.16. The molecular weight excluding hydrogens is 292 g/mol. The lowest BCUT2D eigenvalue weighted by atomic mass is 9.91. The lowest BCUT2D eigenvalue weighted by Crippen LogP contribution is -2.61. The van der Waals surface area contributed by atoms with Gasteiger partial charge in [0.15, 0.2) is 0 Å². The molecule has 2 fully saturated rings. The van der Waals surface area contributed by atoms with Crippen molar-refractivity contribution >= 4 is 0 Å². The average Bonchev–Trinajstić information content (AvgIpc) is 2.42. The van der Waals surface area contributed by atoms with E-state index in [0.717, 1.165) is 0 Å². The Balaban J connectivity index is 2.49. The van der Waals surface area contributed by atoms with Gasteiger partial charge in [0.05, 0.1) is 19.8 Å². The Labute approximate surface area is 101 Å². The summed E-state index contributed by atoms with van der Waals surface area (Å²) in [4.78, 5) is 0. The minimum absolute atomic E-state index is 0.165. The maximum atomic E-state index is 14.1. The first kappa shape index (κ1) is 14.8. The zero-order valence-corrected chi connectivity index (χ0v) is 9.12. The molecule has 2 rings (SSSR count). The summed E-state index contributed by atoms with van der Waals surface area (Å²) in [6.07, 6.45) is -6.94. The van der Waals surface area contributed by atoms with Gasteiger partial charge in [0.2, 0.25) is 11.8 Å². The molecule has 0 radical (unpaired) electrons. The fourth-order valence-electron chi connectivity index (χ4n) is 2.13. The van der Waals surface area contributed by atoms with Crippen molar-refractivity contribution in [3.8, 4) is 0 Å². The van der Waals surface area contributed by atoms with Crippen LogP contribution in [0.15, 0.2) is 0 Å². The molecule has 112 valence electrons. The molecule has 1 saturated heterocycles. The highest BCUT2D eigenvalue weighted by molar-refractivity contribution is 5.25. The van der Waals surface area contributed by atoms with Gasteiger partial charge in [0, 0.05) is 0 Å². The second-order valence-electron chi connectivity index (χ2n) is 4.34. The summed E-state index contributed by atoms with van der Waals surface area (Å²) >= 11 is 0. The smallest absolute Gasteiger partial charge is 0.376 e. The number of halogens is 8. The van der Waals surface area contributed by atoms with Gasteiger partial charge in [0.25, 0.3) is 0 Å². The van der Waals surface area contributed by atoms with E-state index in [1.165, 1.54) is 0 Å². The first-order chi connectivity index (χ1) is 8.51. The quantitative estimate of drug-likeness (QED) is 0.692. The van der Waals surface area contributed by atoms with E-state index in [1.807, 2.05) is 0 Å². The Morgan fingerprint density at radius 1 is 0.842 bits per heavy atom. The maximum Gasteiger partial charge on any atom is 0.378 e. The van der Waals surface area contributed by atoms with Gasteiger partial charge in [-0.2, -0.15) is 26.3 Å². The Morgan fingerprint density at radius 2 is 1.42 bits per heavy atom. The molecule has 1 aliphatic carbocycles. The van der Waals surface area contributed by atoms with Gasteiger partial charge < -0.3 is 9.47 Å². The van der Waals surface area contributed by atoms with Crippen LogP contribution in [0.1, 0.15) is 0 Å². The van der Waals surface area contributed by atoms with Gasteiger partial charge in [0.1, 0.15) is 6.10 Å². The molecule has 2 nitrogen and oxygen atoms in total. The van der Waals surface area contributed by atoms with Crippen LogP contribution in [0.4, 0.5) is 35.1 Å². The molecule has 3 unspecified atom stereocenters. The van der Waals surface area contributed by atoms with Crippen LogP contribution in [-0.2, 0) is 9.47 Å². The van der Waals surface area contributed by atoms with E-state index in [4.69, 9.17) is 0 Å². The van der Waals surface area contributed by atoms with E-state index in [1.54, 1.807) is 0 Å². The molecule has 0 aromatic rings. The summed E-state index contributed by atoms with van der Waals surface area (Å²) in [6, 6.07) is 0. The van der Waals surface area contributed by atoms with Crippen molar-refractivity contribution in [2.75, 3.05) is 19.8 Å². The highest BCUT2D eigenvalue weighted by atomic mass is 19.4. The third-order valence-electron chi connectivity index (χ3n) is 3.27. The van der Waals surface area contributed by atoms with Crippen LogP contribution in [0.25, 0.3) is 0 Å². The van der Waals surface area contributed by atoms with Gasteiger partial charge >= 0.3 is 17.8 Å². The average molecular weight is 300 g/mol. The highest BCUT2D eigenvalue weighted by Crippen LogP contribution is 2.64. The molecule has 2 aliphatic rings. The lowest BCUT2D eigenvalue weighted by molar-refractivity contribution is -0.302. The molecule has 1 saturated carbocycles. The molecule has 3 atom stereocenters. The number of rotatable bonds is 1. The molecule has 1 aliphatic heterocycles. The monoisotopic (exact) mass is 300 g/mol. The van der Waals surface area contributed by atoms with Gasteiger partial charge in [-0.1, -0.05) is 0 Å². The standard InChI is InChI=1S/C9H8F8O2/c10-5-6(11,4-3-18-1-2-19-4)8(14,15)9(16,17)7(5,12)13/h4-5H,1-3H2. The Bertz CT molecular complexity index is 367. The second-order valence-corrected chi connectivity index (χ2v) is 4.34. The third kappa shape index (κ3) is 1.49. The van der Waals surface area contributed by atoms with Gasteiger partial charge in [-0.15, -0.1) is 0 Å². The third-order valence-corrected chi connectivity index (χ3v) is 3.27. The van der Waals surface area contributed by atoms with Gasteiger partial charge in [-0.05, 0) is 0 Å². The van der Waals surface area contributed by atoms with Crippen molar-refractivity contribution in [1.82, 2.24) is 0 Å². The Morgan fingerprint density at radius 3 is 1.79 bits per heavy atom. The molecule has 0 spiro atoms. The number of hydrogen-bond acceptors (Lipinski definition) is 2. The molecule has 1 heterocycles. The molecule has 0 amide bonds. The zero-order chi connectivity index (χ0) is 14.7. The van der Waals surface area contributed by atoms with Crippen molar-refractivity contribution < 1.29 is 44.6 Å². The summed E-state index contributed by atoms with van der Waals surface area (Å²) in [5.41, 5.74) is -4.86. The van der Waals surface area contributed by atoms with Crippen LogP contribution in [0.3, 0.4) is 0 Å². The predicted molar refractivity (Wildman–Crippen MR) is 44.1 cm³/mol. The Hall–Kier alpha value is -0.640. The van der Waals surface area contributed by atoms with E-state index in [9.17, 15) is 35.1 Å². The fourth-order valence-corrected chi connectivity index (χ4v) is 2.13.